The number of imidazole rings is 1. The van der Waals surface area contributed by atoms with E-state index in [0.29, 0.717) is 0 Å². The summed E-state index contributed by atoms with van der Waals surface area (Å²) >= 11 is 0. The molecule has 1 aliphatic heterocycles. The van der Waals surface area contributed by atoms with E-state index in [-0.39, 0.29) is 29.1 Å². The Morgan fingerprint density at radius 3 is 2.78 bits per heavy atom. The highest BCUT2D eigenvalue weighted by Crippen LogP contribution is 2.35. The van der Waals surface area contributed by atoms with Gasteiger partial charge in [-0.1, -0.05) is 0 Å². The predicted molar refractivity (Wildman–Crippen MR) is 110 cm³/mol. The van der Waals surface area contributed by atoms with Crippen molar-refractivity contribution in [2.24, 2.45) is 0 Å². The van der Waals surface area contributed by atoms with Crippen molar-refractivity contribution in [3.8, 4) is 11.3 Å². The molecule has 0 radical (unpaired) electrons. The Morgan fingerprint density at radius 1 is 1.34 bits per heavy atom. The van der Waals surface area contributed by atoms with Crippen LogP contribution in [0.1, 0.15) is 20.8 Å². The van der Waals surface area contributed by atoms with Gasteiger partial charge in [0.05, 0.1) is 24.3 Å². The number of alkyl halides is 2. The lowest BCUT2D eigenvalue weighted by atomic mass is 10.1. The Labute approximate surface area is 179 Å². The van der Waals surface area contributed by atoms with Gasteiger partial charge in [0.2, 0.25) is 0 Å². The Bertz CT molecular complexity index is 1290. The minimum absolute atomic E-state index is 0.0461. The molecule has 170 valence electrons. The fourth-order valence-electron chi connectivity index (χ4n) is 3.39. The highest BCUT2D eigenvalue weighted by atomic mass is 19.3. The number of hydrogen-bond donors (Lipinski definition) is 3. The van der Waals surface area contributed by atoms with Crippen molar-refractivity contribution in [3.05, 3.63) is 45.5 Å². The van der Waals surface area contributed by atoms with Crippen LogP contribution in [0.5, 0.6) is 0 Å². The Balaban J connectivity index is 1.69. The van der Waals surface area contributed by atoms with Crippen LogP contribution in [0.4, 0.5) is 19.3 Å². The average Bonchev–Trinajstić information content (AvgIpc) is 3.23. The number of aromatic nitrogens is 5. The second kappa shape index (κ2) is 7.43. The molecular weight excluding hydrogens is 428 g/mol. The molecule has 0 saturated carbocycles. The van der Waals surface area contributed by atoms with E-state index in [2.05, 4.69) is 25.4 Å². The monoisotopic (exact) mass is 449 g/mol. The molecule has 32 heavy (non-hydrogen) atoms. The zero-order valence-corrected chi connectivity index (χ0v) is 17.5. The van der Waals surface area contributed by atoms with E-state index in [1.54, 1.807) is 20.8 Å². The fraction of sp³-hybridized carbons (Fsp3) is 0.421. The van der Waals surface area contributed by atoms with Gasteiger partial charge >= 0.3 is 17.7 Å². The molecule has 3 N–H and O–H groups in total. The molecule has 4 heterocycles. The highest BCUT2D eigenvalue weighted by Gasteiger charge is 2.51. The molecule has 3 aromatic heterocycles. The molecule has 1 fully saturated rings. The molecule has 4 rings (SSSR count). The summed E-state index contributed by atoms with van der Waals surface area (Å²) in [5.74, 6) is -3.32. The van der Waals surface area contributed by atoms with Crippen LogP contribution in [0.2, 0.25) is 0 Å². The molecule has 0 aromatic carbocycles. The molecule has 0 unspecified atom stereocenters. The van der Waals surface area contributed by atoms with Gasteiger partial charge in [0.25, 0.3) is 5.56 Å². The van der Waals surface area contributed by atoms with Gasteiger partial charge in [0, 0.05) is 24.1 Å². The SMILES string of the molecule is CC(C)(C)NC(=O)O[C@H]1CN(c2cc(-c3c[nH]c(=O)[nH]c3=O)nn3ccnc23)CC1(F)F. The van der Waals surface area contributed by atoms with E-state index in [9.17, 15) is 23.2 Å². The summed E-state index contributed by atoms with van der Waals surface area (Å²) in [6, 6.07) is 1.43. The maximum Gasteiger partial charge on any atom is 0.408 e. The third kappa shape index (κ3) is 4.18. The number of nitrogens with one attached hydrogen (secondary N) is 3. The first kappa shape index (κ1) is 21.5. The summed E-state index contributed by atoms with van der Waals surface area (Å²) in [5.41, 5.74) is -1.27. The molecule has 11 nitrogen and oxygen atoms in total. The number of aromatic amines is 2. The van der Waals surface area contributed by atoms with E-state index in [1.807, 2.05) is 0 Å². The summed E-state index contributed by atoms with van der Waals surface area (Å²) in [6.07, 6.45) is 1.50. The number of carbonyl (C=O) groups excluding carboxylic acids is 1. The molecule has 1 atom stereocenters. The minimum atomic E-state index is -3.32. The van der Waals surface area contributed by atoms with Gasteiger partial charge in [0.1, 0.15) is 5.69 Å². The molecule has 1 saturated heterocycles. The zero-order valence-electron chi connectivity index (χ0n) is 17.5. The van der Waals surface area contributed by atoms with Gasteiger partial charge in [-0.15, -0.1) is 0 Å². The Morgan fingerprint density at radius 2 is 2.09 bits per heavy atom. The van der Waals surface area contributed by atoms with Crippen LogP contribution >= 0.6 is 0 Å². The van der Waals surface area contributed by atoms with Crippen LogP contribution in [0.25, 0.3) is 16.9 Å². The number of hydrogen-bond acceptors (Lipinski definition) is 7. The van der Waals surface area contributed by atoms with Gasteiger partial charge in [-0.05, 0) is 26.8 Å². The first-order chi connectivity index (χ1) is 14.9. The zero-order chi connectivity index (χ0) is 23.3. The van der Waals surface area contributed by atoms with Crippen molar-refractivity contribution in [3.63, 3.8) is 0 Å². The third-order valence-corrected chi connectivity index (χ3v) is 4.76. The van der Waals surface area contributed by atoms with Crippen molar-refractivity contribution in [1.29, 1.82) is 0 Å². The van der Waals surface area contributed by atoms with Gasteiger partial charge in [-0.3, -0.25) is 9.78 Å². The van der Waals surface area contributed by atoms with Crippen LogP contribution in [0, 0.1) is 0 Å². The van der Waals surface area contributed by atoms with Crippen molar-refractivity contribution in [1.82, 2.24) is 29.9 Å². The van der Waals surface area contributed by atoms with Crippen molar-refractivity contribution in [2.45, 2.75) is 38.3 Å². The quantitative estimate of drug-likeness (QED) is 0.545. The fourth-order valence-corrected chi connectivity index (χ4v) is 3.39. The van der Waals surface area contributed by atoms with Crippen molar-refractivity contribution >= 4 is 17.4 Å². The van der Waals surface area contributed by atoms with Crippen molar-refractivity contribution in [2.75, 3.05) is 18.0 Å². The summed E-state index contributed by atoms with van der Waals surface area (Å²) in [5, 5.41) is 6.77. The van der Waals surface area contributed by atoms with E-state index >= 15 is 0 Å². The molecule has 1 amide bonds. The minimum Gasteiger partial charge on any atom is -0.438 e. The maximum atomic E-state index is 14.7. The number of ether oxygens (including phenoxy) is 1. The number of H-pyrrole nitrogens is 2. The number of amides is 1. The maximum absolute atomic E-state index is 14.7. The number of carbonyl (C=O) groups is 1. The lowest BCUT2D eigenvalue weighted by molar-refractivity contribution is -0.0771. The Kier molecular flexibility index (Phi) is 4.98. The van der Waals surface area contributed by atoms with Gasteiger partial charge in [0.15, 0.2) is 11.8 Å². The Hall–Kier alpha value is -3.77. The first-order valence-corrected chi connectivity index (χ1v) is 9.71. The average molecular weight is 449 g/mol. The van der Waals surface area contributed by atoms with Crippen LogP contribution in [-0.2, 0) is 4.74 Å². The largest absolute Gasteiger partial charge is 0.438 e. The van der Waals surface area contributed by atoms with E-state index in [0.717, 1.165) is 0 Å². The summed E-state index contributed by atoms with van der Waals surface area (Å²) in [7, 11) is 0. The van der Waals surface area contributed by atoms with Gasteiger partial charge in [-0.25, -0.2) is 27.9 Å². The van der Waals surface area contributed by atoms with E-state index < -0.39 is 41.5 Å². The standard InChI is InChI=1S/C19H21F2N7O4/c1-18(2,3)25-17(31)32-13-8-27(9-19(13,20)21)12-6-11(26-28-5-4-22-14(12)28)10-7-23-16(30)24-15(10)29/h4-7,13H,8-9H2,1-3H3,(H,25,31)(H2,23,24,29,30)/t13-/m0/s1. The normalized spacial score (nSPS) is 18.2. The number of nitrogens with zero attached hydrogens (tertiary/aromatic N) is 4. The number of fused-ring (bicyclic) bond motifs is 1. The van der Waals surface area contributed by atoms with Crippen LogP contribution in [-0.4, -0.2) is 61.3 Å². The summed E-state index contributed by atoms with van der Waals surface area (Å²) in [6.45, 7) is 4.10. The smallest absolute Gasteiger partial charge is 0.408 e. The van der Waals surface area contributed by atoms with Gasteiger partial charge < -0.3 is 19.9 Å². The second-order valence-corrected chi connectivity index (χ2v) is 8.51. The van der Waals surface area contributed by atoms with E-state index in [4.69, 9.17) is 4.74 Å². The molecule has 0 aliphatic carbocycles. The van der Waals surface area contributed by atoms with Crippen LogP contribution in [0.3, 0.4) is 0 Å². The lowest BCUT2D eigenvalue weighted by Crippen LogP contribution is -2.45. The van der Waals surface area contributed by atoms with Crippen molar-refractivity contribution < 1.29 is 18.3 Å². The summed E-state index contributed by atoms with van der Waals surface area (Å²) in [4.78, 5) is 45.5. The molecule has 13 heteroatoms. The molecule has 0 bridgehead atoms. The first-order valence-electron chi connectivity index (χ1n) is 9.71. The third-order valence-electron chi connectivity index (χ3n) is 4.76. The summed E-state index contributed by atoms with van der Waals surface area (Å²) < 4.78 is 35.8. The van der Waals surface area contributed by atoms with Crippen LogP contribution in [0.15, 0.2) is 34.2 Å². The molecular formula is C19H21F2N7O4. The highest BCUT2D eigenvalue weighted by molar-refractivity contribution is 5.75. The lowest BCUT2D eigenvalue weighted by Gasteiger charge is -2.23. The number of alkyl carbamates (subject to hydrolysis) is 1. The number of rotatable bonds is 3. The predicted octanol–water partition coefficient (Wildman–Crippen LogP) is 1.12. The number of anilines is 1. The molecule has 1 aliphatic rings. The topological polar surface area (TPSA) is 137 Å². The second-order valence-electron chi connectivity index (χ2n) is 8.51. The van der Waals surface area contributed by atoms with Crippen LogP contribution < -0.4 is 21.5 Å². The number of halogens is 2. The van der Waals surface area contributed by atoms with E-state index in [1.165, 1.54) is 34.1 Å². The van der Waals surface area contributed by atoms with Gasteiger partial charge in [-0.2, -0.15) is 5.10 Å². The molecule has 0 spiro atoms. The molecule has 3 aromatic rings.